The zero-order valence-electron chi connectivity index (χ0n) is 12.2. The van der Waals surface area contributed by atoms with Crippen molar-refractivity contribution in [3.63, 3.8) is 0 Å². The fraction of sp³-hybridized carbons (Fsp3) is 0.625. The van der Waals surface area contributed by atoms with Crippen LogP contribution in [0.3, 0.4) is 0 Å². The summed E-state index contributed by atoms with van der Waals surface area (Å²) >= 11 is 0. The highest BCUT2D eigenvalue weighted by Gasteiger charge is 2.31. The molecule has 5 heteroatoms. The van der Waals surface area contributed by atoms with Gasteiger partial charge in [0.1, 0.15) is 24.3 Å². The van der Waals surface area contributed by atoms with Gasteiger partial charge in [-0.25, -0.2) is 4.39 Å². The van der Waals surface area contributed by atoms with Crippen LogP contribution in [0.5, 0.6) is 5.75 Å². The van der Waals surface area contributed by atoms with Crippen molar-refractivity contribution in [1.29, 1.82) is 0 Å². The molecule has 1 unspecified atom stereocenters. The third kappa shape index (κ3) is 4.40. The van der Waals surface area contributed by atoms with E-state index in [9.17, 15) is 9.50 Å². The number of benzene rings is 1. The van der Waals surface area contributed by atoms with E-state index in [1.807, 2.05) is 0 Å². The van der Waals surface area contributed by atoms with Crippen molar-refractivity contribution in [3.8, 4) is 5.75 Å². The van der Waals surface area contributed by atoms with E-state index in [1.54, 1.807) is 12.1 Å². The fourth-order valence-corrected chi connectivity index (χ4v) is 2.82. The molecule has 1 aromatic carbocycles. The lowest BCUT2D eigenvalue weighted by Gasteiger charge is -2.35. The van der Waals surface area contributed by atoms with Gasteiger partial charge < -0.3 is 9.84 Å². The molecule has 1 saturated heterocycles. The van der Waals surface area contributed by atoms with E-state index in [-0.39, 0.29) is 12.4 Å². The first-order valence-corrected chi connectivity index (χ1v) is 7.73. The Hall–Kier alpha value is -1.17. The average Bonchev–Trinajstić information content (AvgIpc) is 3.32. The van der Waals surface area contributed by atoms with Gasteiger partial charge in [-0.3, -0.25) is 9.80 Å². The summed E-state index contributed by atoms with van der Waals surface area (Å²) in [5, 5.41) is 10.1. The molecular formula is C16H23FN2O2. The van der Waals surface area contributed by atoms with Crippen LogP contribution in [0, 0.1) is 5.82 Å². The molecule has 116 valence electrons. The number of hydrogen-bond acceptors (Lipinski definition) is 4. The van der Waals surface area contributed by atoms with Gasteiger partial charge in [-0.15, -0.1) is 0 Å². The summed E-state index contributed by atoms with van der Waals surface area (Å²) < 4.78 is 18.3. The average molecular weight is 294 g/mol. The minimum atomic E-state index is -0.512. The molecule has 0 bridgehead atoms. The summed E-state index contributed by atoms with van der Waals surface area (Å²) in [5.74, 6) is 0.311. The lowest BCUT2D eigenvalue weighted by molar-refractivity contribution is 0.0445. The molecule has 0 radical (unpaired) electrons. The van der Waals surface area contributed by atoms with Gasteiger partial charge in [0.05, 0.1) is 0 Å². The van der Waals surface area contributed by atoms with Gasteiger partial charge in [-0.05, 0) is 37.1 Å². The molecule has 4 nitrogen and oxygen atoms in total. The molecular weight excluding hydrogens is 271 g/mol. The van der Waals surface area contributed by atoms with E-state index in [0.717, 1.165) is 32.2 Å². The zero-order chi connectivity index (χ0) is 14.7. The van der Waals surface area contributed by atoms with Crippen molar-refractivity contribution in [1.82, 2.24) is 9.80 Å². The Morgan fingerprint density at radius 2 is 1.81 bits per heavy atom. The van der Waals surface area contributed by atoms with Crippen LogP contribution in [0.1, 0.15) is 12.8 Å². The van der Waals surface area contributed by atoms with Crippen molar-refractivity contribution in [2.45, 2.75) is 25.0 Å². The molecule has 1 aromatic rings. The Labute approximate surface area is 125 Å². The molecule has 2 fully saturated rings. The van der Waals surface area contributed by atoms with Crippen LogP contribution in [-0.2, 0) is 0 Å². The molecule has 1 atom stereocenters. The zero-order valence-corrected chi connectivity index (χ0v) is 12.2. The van der Waals surface area contributed by atoms with E-state index in [0.29, 0.717) is 12.3 Å². The number of halogens is 1. The number of nitrogens with zero attached hydrogens (tertiary/aromatic N) is 2. The van der Waals surface area contributed by atoms with E-state index in [1.165, 1.54) is 25.0 Å². The summed E-state index contributed by atoms with van der Waals surface area (Å²) in [6.45, 7) is 5.13. The van der Waals surface area contributed by atoms with Crippen LogP contribution >= 0.6 is 0 Å². The number of aliphatic hydroxyl groups excluding tert-OH is 1. The normalized spacial score (nSPS) is 22.2. The molecule has 1 aliphatic carbocycles. The number of β-amino-alcohol motifs (C(OH)–C–C–N with tert-alkyl or cyclic N) is 1. The molecule has 1 N–H and O–H groups in total. The second kappa shape index (κ2) is 6.73. The largest absolute Gasteiger partial charge is 0.491 e. The maximum atomic E-state index is 12.8. The highest BCUT2D eigenvalue weighted by Crippen LogP contribution is 2.27. The topological polar surface area (TPSA) is 35.9 Å². The second-order valence-electron chi connectivity index (χ2n) is 5.99. The van der Waals surface area contributed by atoms with Gasteiger partial charge >= 0.3 is 0 Å². The minimum Gasteiger partial charge on any atom is -0.491 e. The Bertz CT molecular complexity index is 442. The standard InChI is InChI=1S/C16H23FN2O2/c17-13-1-5-16(6-2-13)21-12-15(20)11-18-7-9-19(10-8-18)14-3-4-14/h1-2,5-6,14-15,20H,3-4,7-12H2. The highest BCUT2D eigenvalue weighted by atomic mass is 19.1. The Balaban J connectivity index is 1.36. The maximum absolute atomic E-state index is 12.8. The first-order valence-electron chi connectivity index (χ1n) is 7.73. The summed E-state index contributed by atoms with van der Waals surface area (Å²) in [7, 11) is 0. The summed E-state index contributed by atoms with van der Waals surface area (Å²) in [6, 6.07) is 6.71. The molecule has 0 aromatic heterocycles. The van der Waals surface area contributed by atoms with Crippen LogP contribution in [0.15, 0.2) is 24.3 Å². The number of hydrogen-bond donors (Lipinski definition) is 1. The number of ether oxygens (including phenoxy) is 1. The predicted molar refractivity (Wildman–Crippen MR) is 78.9 cm³/mol. The smallest absolute Gasteiger partial charge is 0.123 e. The number of rotatable bonds is 6. The van der Waals surface area contributed by atoms with E-state index in [4.69, 9.17) is 4.74 Å². The van der Waals surface area contributed by atoms with Gasteiger partial charge in [0.2, 0.25) is 0 Å². The molecule has 0 spiro atoms. The minimum absolute atomic E-state index is 0.245. The highest BCUT2D eigenvalue weighted by molar-refractivity contribution is 5.22. The number of aliphatic hydroxyl groups is 1. The Morgan fingerprint density at radius 3 is 2.43 bits per heavy atom. The van der Waals surface area contributed by atoms with Crippen LogP contribution in [0.4, 0.5) is 4.39 Å². The van der Waals surface area contributed by atoms with Crippen molar-refractivity contribution in [2.75, 3.05) is 39.3 Å². The van der Waals surface area contributed by atoms with E-state index < -0.39 is 6.10 Å². The van der Waals surface area contributed by atoms with Gasteiger partial charge in [-0.1, -0.05) is 0 Å². The van der Waals surface area contributed by atoms with Crippen LogP contribution in [0.25, 0.3) is 0 Å². The van der Waals surface area contributed by atoms with Crippen molar-refractivity contribution >= 4 is 0 Å². The quantitative estimate of drug-likeness (QED) is 0.859. The predicted octanol–water partition coefficient (Wildman–Crippen LogP) is 1.35. The second-order valence-corrected chi connectivity index (χ2v) is 5.99. The fourth-order valence-electron chi connectivity index (χ4n) is 2.82. The lowest BCUT2D eigenvalue weighted by Crippen LogP contribution is -2.49. The third-order valence-electron chi connectivity index (χ3n) is 4.20. The van der Waals surface area contributed by atoms with Gasteiger partial charge in [0.25, 0.3) is 0 Å². The molecule has 0 amide bonds. The van der Waals surface area contributed by atoms with Crippen molar-refractivity contribution in [2.24, 2.45) is 0 Å². The first-order chi connectivity index (χ1) is 10.2. The van der Waals surface area contributed by atoms with Gasteiger partial charge in [0.15, 0.2) is 0 Å². The maximum Gasteiger partial charge on any atom is 0.123 e. The first kappa shape index (κ1) is 14.8. The molecule has 1 saturated carbocycles. The molecule has 21 heavy (non-hydrogen) atoms. The Morgan fingerprint density at radius 1 is 1.14 bits per heavy atom. The van der Waals surface area contributed by atoms with E-state index in [2.05, 4.69) is 9.80 Å². The van der Waals surface area contributed by atoms with Crippen molar-refractivity contribution in [3.05, 3.63) is 30.1 Å². The van der Waals surface area contributed by atoms with Gasteiger partial charge in [0, 0.05) is 38.8 Å². The van der Waals surface area contributed by atoms with Crippen molar-refractivity contribution < 1.29 is 14.2 Å². The SMILES string of the molecule is OC(COc1ccc(F)cc1)CN1CCN(C2CC2)CC1. The Kier molecular flexibility index (Phi) is 4.73. The molecule has 1 aliphatic heterocycles. The summed E-state index contributed by atoms with van der Waals surface area (Å²) in [4.78, 5) is 4.84. The monoisotopic (exact) mass is 294 g/mol. The lowest BCUT2D eigenvalue weighted by atomic mass is 10.2. The van der Waals surface area contributed by atoms with Crippen LogP contribution in [-0.4, -0.2) is 66.4 Å². The van der Waals surface area contributed by atoms with Crippen LogP contribution in [0.2, 0.25) is 0 Å². The summed E-state index contributed by atoms with van der Waals surface area (Å²) in [5.41, 5.74) is 0. The number of piperazine rings is 1. The molecule has 1 heterocycles. The summed E-state index contributed by atoms with van der Waals surface area (Å²) in [6.07, 6.45) is 2.20. The van der Waals surface area contributed by atoms with E-state index >= 15 is 0 Å². The van der Waals surface area contributed by atoms with Crippen LogP contribution < -0.4 is 4.74 Å². The van der Waals surface area contributed by atoms with Gasteiger partial charge in [-0.2, -0.15) is 0 Å². The third-order valence-corrected chi connectivity index (χ3v) is 4.20. The molecule has 2 aliphatic rings. The molecule has 3 rings (SSSR count).